The predicted molar refractivity (Wildman–Crippen MR) is 78.1 cm³/mol. The first kappa shape index (κ1) is 13.6. The quantitative estimate of drug-likeness (QED) is 0.713. The molecule has 2 heterocycles. The van der Waals surface area contributed by atoms with Gasteiger partial charge in [-0.15, -0.1) is 0 Å². The van der Waals surface area contributed by atoms with Crippen LogP contribution in [0.15, 0.2) is 11.6 Å². The molecular formula is C17H30NO+. The second-order valence-electron chi connectivity index (χ2n) is 7.43. The Kier molecular flexibility index (Phi) is 3.74. The van der Waals surface area contributed by atoms with E-state index in [0.29, 0.717) is 17.9 Å². The standard InChI is InChI=1S/C17H29NO/c1-11-8-12(2)16-13(3)15(11)10-19-17(16)14-6-5-7-18(4)9-14/h8,11,13-17H,5-7,9-10H2,1-4H3/p+1/t11-,13-,14?,15+,16+,17+/m0/s1. The van der Waals surface area contributed by atoms with Crippen molar-refractivity contribution in [1.82, 2.24) is 0 Å². The van der Waals surface area contributed by atoms with Gasteiger partial charge in [0.05, 0.1) is 32.8 Å². The van der Waals surface area contributed by atoms with Crippen LogP contribution in [0.3, 0.4) is 0 Å². The first-order valence-corrected chi connectivity index (χ1v) is 8.19. The normalized spacial score (nSPS) is 50.7. The molecule has 0 amide bonds. The Balaban J connectivity index is 1.81. The molecule has 2 nitrogen and oxygen atoms in total. The molecule has 2 heteroatoms. The topological polar surface area (TPSA) is 13.7 Å². The van der Waals surface area contributed by atoms with Gasteiger partial charge in [-0.3, -0.25) is 0 Å². The molecule has 3 rings (SSSR count). The van der Waals surface area contributed by atoms with Crippen LogP contribution in [-0.2, 0) is 4.74 Å². The van der Waals surface area contributed by atoms with E-state index in [1.54, 1.807) is 10.5 Å². The Morgan fingerprint density at radius 2 is 2.11 bits per heavy atom. The maximum absolute atomic E-state index is 6.39. The number of ether oxygens (including phenoxy) is 1. The molecule has 0 aromatic heterocycles. The molecule has 108 valence electrons. The van der Waals surface area contributed by atoms with Crippen LogP contribution in [0.1, 0.15) is 33.6 Å². The minimum absolute atomic E-state index is 0.491. The highest BCUT2D eigenvalue weighted by molar-refractivity contribution is 5.17. The summed E-state index contributed by atoms with van der Waals surface area (Å²) in [4.78, 5) is 1.69. The van der Waals surface area contributed by atoms with E-state index in [-0.39, 0.29) is 0 Å². The summed E-state index contributed by atoms with van der Waals surface area (Å²) in [6, 6.07) is 0. The molecule has 19 heavy (non-hydrogen) atoms. The smallest absolute Gasteiger partial charge is 0.0822 e. The van der Waals surface area contributed by atoms with Crippen molar-refractivity contribution in [1.29, 1.82) is 0 Å². The first-order valence-electron chi connectivity index (χ1n) is 8.19. The second kappa shape index (κ2) is 5.21. The fourth-order valence-corrected chi connectivity index (χ4v) is 5.02. The first-order chi connectivity index (χ1) is 9.08. The van der Waals surface area contributed by atoms with E-state index in [0.717, 1.165) is 24.4 Å². The maximum atomic E-state index is 6.39. The van der Waals surface area contributed by atoms with Crippen molar-refractivity contribution in [3.63, 3.8) is 0 Å². The number of nitrogens with one attached hydrogen (secondary N) is 1. The summed E-state index contributed by atoms with van der Waals surface area (Å²) in [7, 11) is 2.34. The number of likely N-dealkylation sites (tertiary alicyclic amines) is 1. The van der Waals surface area contributed by atoms with Crippen LogP contribution >= 0.6 is 0 Å². The van der Waals surface area contributed by atoms with E-state index >= 15 is 0 Å². The van der Waals surface area contributed by atoms with Crippen LogP contribution in [0.5, 0.6) is 0 Å². The second-order valence-corrected chi connectivity index (χ2v) is 7.43. The van der Waals surface area contributed by atoms with Crippen LogP contribution in [0.4, 0.5) is 0 Å². The Morgan fingerprint density at radius 3 is 2.84 bits per heavy atom. The van der Waals surface area contributed by atoms with Crippen LogP contribution in [0, 0.1) is 29.6 Å². The highest BCUT2D eigenvalue weighted by atomic mass is 16.5. The average Bonchev–Trinajstić information content (AvgIpc) is 2.35. The van der Waals surface area contributed by atoms with E-state index in [1.165, 1.54) is 25.9 Å². The summed E-state index contributed by atoms with van der Waals surface area (Å²) in [5.74, 6) is 3.72. The molecule has 1 N–H and O–H groups in total. The van der Waals surface area contributed by atoms with E-state index in [9.17, 15) is 0 Å². The van der Waals surface area contributed by atoms with Gasteiger partial charge in [-0.25, -0.2) is 0 Å². The highest BCUT2D eigenvalue weighted by Gasteiger charge is 2.46. The number of allylic oxidation sites excluding steroid dienone is 1. The molecule has 0 saturated carbocycles. The summed E-state index contributed by atoms with van der Waals surface area (Å²) in [6.07, 6.45) is 5.77. The summed E-state index contributed by atoms with van der Waals surface area (Å²) >= 11 is 0. The minimum atomic E-state index is 0.491. The molecule has 0 radical (unpaired) electrons. The van der Waals surface area contributed by atoms with Gasteiger partial charge in [0.2, 0.25) is 0 Å². The lowest BCUT2D eigenvalue weighted by Gasteiger charge is -2.50. The molecule has 0 aromatic carbocycles. The lowest BCUT2D eigenvalue weighted by molar-refractivity contribution is -0.889. The number of piperidine rings is 1. The molecule has 2 fully saturated rings. The van der Waals surface area contributed by atoms with Crippen molar-refractivity contribution in [3.05, 3.63) is 11.6 Å². The predicted octanol–water partition coefficient (Wildman–Crippen LogP) is 1.77. The molecule has 2 saturated heterocycles. The van der Waals surface area contributed by atoms with Crippen molar-refractivity contribution in [2.24, 2.45) is 29.6 Å². The van der Waals surface area contributed by atoms with Crippen LogP contribution in [0.25, 0.3) is 0 Å². The number of quaternary nitrogens is 1. The molecule has 2 unspecified atom stereocenters. The third-order valence-corrected chi connectivity index (χ3v) is 6.06. The van der Waals surface area contributed by atoms with Gasteiger partial charge in [0, 0.05) is 11.8 Å². The molecule has 7 atom stereocenters. The Bertz CT molecular complexity index is 364. The van der Waals surface area contributed by atoms with Crippen molar-refractivity contribution in [2.45, 2.75) is 39.7 Å². The average molecular weight is 264 g/mol. The fraction of sp³-hybridized carbons (Fsp3) is 0.882. The SMILES string of the molecule is CC1=C[C@H](C)[C@H]2CO[C@H](C3CCC[NH+](C)C3)[C@H]1[C@H]2C. The Labute approximate surface area is 118 Å². The third kappa shape index (κ3) is 2.38. The zero-order chi connectivity index (χ0) is 13.6. The van der Waals surface area contributed by atoms with Gasteiger partial charge >= 0.3 is 0 Å². The summed E-state index contributed by atoms with van der Waals surface area (Å²) < 4.78 is 6.39. The minimum Gasteiger partial charge on any atom is -0.377 e. The van der Waals surface area contributed by atoms with Gasteiger partial charge in [-0.2, -0.15) is 0 Å². The number of rotatable bonds is 1. The van der Waals surface area contributed by atoms with Gasteiger partial charge in [-0.1, -0.05) is 25.5 Å². The van der Waals surface area contributed by atoms with Gasteiger partial charge in [0.1, 0.15) is 0 Å². The number of hydrogen-bond donors (Lipinski definition) is 1. The monoisotopic (exact) mass is 264 g/mol. The van der Waals surface area contributed by atoms with Crippen LogP contribution < -0.4 is 4.90 Å². The van der Waals surface area contributed by atoms with Crippen LogP contribution in [-0.4, -0.2) is 32.8 Å². The van der Waals surface area contributed by atoms with Gasteiger partial charge in [0.15, 0.2) is 0 Å². The van der Waals surface area contributed by atoms with Crippen molar-refractivity contribution in [2.75, 3.05) is 26.7 Å². The summed E-state index contributed by atoms with van der Waals surface area (Å²) in [6.45, 7) is 10.8. The van der Waals surface area contributed by atoms with E-state index in [2.05, 4.69) is 33.9 Å². The molecule has 2 bridgehead atoms. The molecule has 1 aliphatic carbocycles. The molecule has 3 aliphatic rings. The number of fused-ring (bicyclic) bond motifs is 2. The van der Waals surface area contributed by atoms with Crippen molar-refractivity contribution < 1.29 is 9.64 Å². The zero-order valence-corrected chi connectivity index (χ0v) is 13.0. The van der Waals surface area contributed by atoms with Crippen molar-refractivity contribution in [3.8, 4) is 0 Å². The molecular weight excluding hydrogens is 234 g/mol. The summed E-state index contributed by atoms with van der Waals surface area (Å²) in [5.41, 5.74) is 1.60. The van der Waals surface area contributed by atoms with Crippen molar-refractivity contribution >= 4 is 0 Å². The van der Waals surface area contributed by atoms with Gasteiger partial charge < -0.3 is 9.64 Å². The Morgan fingerprint density at radius 1 is 1.32 bits per heavy atom. The molecule has 0 aromatic rings. The molecule has 2 aliphatic heterocycles. The third-order valence-electron chi connectivity index (χ3n) is 6.06. The number of hydrogen-bond acceptors (Lipinski definition) is 1. The van der Waals surface area contributed by atoms with Gasteiger partial charge in [-0.05, 0) is 37.5 Å². The van der Waals surface area contributed by atoms with E-state index in [4.69, 9.17) is 4.74 Å². The molecule has 0 spiro atoms. The summed E-state index contributed by atoms with van der Waals surface area (Å²) in [5, 5.41) is 0. The highest BCUT2D eigenvalue weighted by Crippen LogP contribution is 2.46. The fourth-order valence-electron chi connectivity index (χ4n) is 5.02. The maximum Gasteiger partial charge on any atom is 0.0822 e. The van der Waals surface area contributed by atoms with Crippen LogP contribution in [0.2, 0.25) is 0 Å². The van der Waals surface area contributed by atoms with E-state index < -0.39 is 0 Å². The zero-order valence-electron chi connectivity index (χ0n) is 13.0. The van der Waals surface area contributed by atoms with E-state index in [1.807, 2.05) is 0 Å². The lowest BCUT2D eigenvalue weighted by atomic mass is 9.63. The Hall–Kier alpha value is -0.340. The largest absolute Gasteiger partial charge is 0.377 e. The van der Waals surface area contributed by atoms with Gasteiger partial charge in [0.25, 0.3) is 0 Å². The lowest BCUT2D eigenvalue weighted by Crippen LogP contribution is -3.11.